The molecule has 1 aliphatic rings. The highest BCUT2D eigenvalue weighted by molar-refractivity contribution is 5.97. The summed E-state index contributed by atoms with van der Waals surface area (Å²) in [6.07, 6.45) is 8.73. The van der Waals surface area contributed by atoms with Crippen LogP contribution in [0.2, 0.25) is 0 Å². The fourth-order valence-electron chi connectivity index (χ4n) is 4.43. The van der Waals surface area contributed by atoms with E-state index in [9.17, 15) is 9.18 Å². The van der Waals surface area contributed by atoms with Crippen molar-refractivity contribution >= 4 is 17.5 Å². The van der Waals surface area contributed by atoms with Gasteiger partial charge in [0.05, 0.1) is 13.2 Å². The monoisotopic (exact) mass is 490 g/mol. The Hall–Kier alpha value is -4.21. The van der Waals surface area contributed by atoms with E-state index in [1.165, 1.54) is 25.7 Å². The summed E-state index contributed by atoms with van der Waals surface area (Å²) in [5.41, 5.74) is 8.72. The number of nitrogens with one attached hydrogen (secondary N) is 1. The number of carbonyl (C=O) groups excluding carboxylic acids is 1. The summed E-state index contributed by atoms with van der Waals surface area (Å²) in [5.74, 6) is 0.0826. The Morgan fingerprint density at radius 3 is 2.81 bits per heavy atom. The number of hydrogen-bond donors (Lipinski definition) is 2. The standard InChI is InChI=1S/C26H27FN6O3/c1-35-25-21(11-18(15-30-25)16-9-10-33-23(12-16)31-26(28)32-33)24(34)29-14-17-7-8-19(27)13-22(17)36-20-5-3-2-4-6-20/h7-13,15,20H,2-6,14H2,1H3,(H2,28,32)(H,29,34). The molecule has 0 unspecified atom stereocenters. The lowest BCUT2D eigenvalue weighted by Crippen LogP contribution is -2.25. The maximum absolute atomic E-state index is 14.0. The Morgan fingerprint density at radius 2 is 2.00 bits per heavy atom. The lowest BCUT2D eigenvalue weighted by Gasteiger charge is -2.24. The highest BCUT2D eigenvalue weighted by atomic mass is 19.1. The molecule has 5 rings (SSSR count). The van der Waals surface area contributed by atoms with Crippen LogP contribution < -0.4 is 20.5 Å². The van der Waals surface area contributed by atoms with Crippen LogP contribution in [0, 0.1) is 5.82 Å². The molecule has 1 saturated carbocycles. The number of nitrogens with zero attached hydrogens (tertiary/aromatic N) is 4. The number of benzene rings is 1. The van der Waals surface area contributed by atoms with Crippen molar-refractivity contribution < 1.29 is 18.7 Å². The summed E-state index contributed by atoms with van der Waals surface area (Å²) >= 11 is 0. The Bertz CT molecular complexity index is 1400. The predicted octanol–water partition coefficient (Wildman–Crippen LogP) is 4.16. The van der Waals surface area contributed by atoms with Crippen LogP contribution in [0.5, 0.6) is 11.6 Å². The summed E-state index contributed by atoms with van der Waals surface area (Å²) in [5, 5.41) is 6.97. The minimum absolute atomic E-state index is 0.0638. The van der Waals surface area contributed by atoms with Crippen molar-refractivity contribution in [2.24, 2.45) is 0 Å². The maximum Gasteiger partial charge on any atom is 0.257 e. The van der Waals surface area contributed by atoms with Crippen LogP contribution in [-0.4, -0.2) is 38.7 Å². The molecule has 3 aromatic heterocycles. The zero-order chi connectivity index (χ0) is 25.1. The lowest BCUT2D eigenvalue weighted by atomic mass is 9.97. The van der Waals surface area contributed by atoms with E-state index in [2.05, 4.69) is 20.4 Å². The quantitative estimate of drug-likeness (QED) is 0.399. The molecule has 186 valence electrons. The van der Waals surface area contributed by atoms with E-state index >= 15 is 0 Å². The number of fused-ring (bicyclic) bond motifs is 1. The first-order valence-electron chi connectivity index (χ1n) is 11.9. The van der Waals surface area contributed by atoms with Crippen LogP contribution in [-0.2, 0) is 6.54 Å². The topological polar surface area (TPSA) is 117 Å². The molecule has 1 amide bonds. The molecule has 9 nitrogen and oxygen atoms in total. The highest BCUT2D eigenvalue weighted by Gasteiger charge is 2.19. The first-order chi connectivity index (χ1) is 17.5. The van der Waals surface area contributed by atoms with Crippen molar-refractivity contribution in [2.45, 2.75) is 44.8 Å². The number of rotatable bonds is 7. The van der Waals surface area contributed by atoms with Crippen molar-refractivity contribution in [1.29, 1.82) is 0 Å². The van der Waals surface area contributed by atoms with E-state index in [-0.39, 0.29) is 41.8 Å². The molecule has 3 N–H and O–H groups in total. The summed E-state index contributed by atoms with van der Waals surface area (Å²) in [7, 11) is 1.46. The number of nitrogens with two attached hydrogens (primary N) is 1. The zero-order valence-corrected chi connectivity index (χ0v) is 19.9. The molecule has 36 heavy (non-hydrogen) atoms. The summed E-state index contributed by atoms with van der Waals surface area (Å²) in [6.45, 7) is 0.166. The first-order valence-corrected chi connectivity index (χ1v) is 11.9. The van der Waals surface area contributed by atoms with Gasteiger partial charge in [-0.2, -0.15) is 4.98 Å². The second-order valence-electron chi connectivity index (χ2n) is 8.78. The predicted molar refractivity (Wildman–Crippen MR) is 132 cm³/mol. The van der Waals surface area contributed by atoms with Gasteiger partial charge in [0.1, 0.15) is 17.1 Å². The third kappa shape index (κ3) is 5.07. The van der Waals surface area contributed by atoms with E-state index in [4.69, 9.17) is 15.2 Å². The molecule has 1 aromatic carbocycles. The van der Waals surface area contributed by atoms with Crippen LogP contribution in [0.1, 0.15) is 48.0 Å². The van der Waals surface area contributed by atoms with Gasteiger partial charge in [-0.15, -0.1) is 5.10 Å². The molecule has 1 fully saturated rings. The lowest BCUT2D eigenvalue weighted by molar-refractivity contribution is 0.0946. The molecular weight excluding hydrogens is 463 g/mol. The van der Waals surface area contributed by atoms with Gasteiger partial charge >= 0.3 is 0 Å². The smallest absolute Gasteiger partial charge is 0.257 e. The highest BCUT2D eigenvalue weighted by Crippen LogP contribution is 2.28. The number of nitrogen functional groups attached to an aromatic ring is 1. The SMILES string of the molecule is COc1ncc(-c2ccn3nc(N)nc3c2)cc1C(=O)NCc1ccc(F)cc1OC1CCCCC1. The normalized spacial score (nSPS) is 14.1. The summed E-state index contributed by atoms with van der Waals surface area (Å²) in [6, 6.07) is 9.73. The number of pyridine rings is 2. The van der Waals surface area contributed by atoms with Gasteiger partial charge in [-0.3, -0.25) is 4.79 Å². The molecule has 0 aliphatic heterocycles. The number of carbonyl (C=O) groups is 1. The van der Waals surface area contributed by atoms with Crippen LogP contribution >= 0.6 is 0 Å². The fraction of sp³-hybridized carbons (Fsp3) is 0.308. The van der Waals surface area contributed by atoms with Crippen LogP contribution in [0.3, 0.4) is 0 Å². The third-order valence-corrected chi connectivity index (χ3v) is 6.29. The van der Waals surface area contributed by atoms with Crippen LogP contribution in [0.25, 0.3) is 16.8 Å². The number of ether oxygens (including phenoxy) is 2. The molecule has 0 bridgehead atoms. The van der Waals surface area contributed by atoms with E-state index < -0.39 is 0 Å². The number of anilines is 1. The largest absolute Gasteiger partial charge is 0.490 e. The van der Waals surface area contributed by atoms with Crippen LogP contribution in [0.4, 0.5) is 10.3 Å². The Balaban J connectivity index is 1.36. The molecule has 4 aromatic rings. The van der Waals surface area contributed by atoms with Gasteiger partial charge in [0, 0.05) is 36.1 Å². The summed E-state index contributed by atoms with van der Waals surface area (Å²) < 4.78 is 27.0. The molecule has 3 heterocycles. The maximum atomic E-state index is 14.0. The molecule has 1 aliphatic carbocycles. The van der Waals surface area contributed by atoms with Gasteiger partial charge in [-0.05, 0) is 55.5 Å². The third-order valence-electron chi connectivity index (χ3n) is 6.29. The van der Waals surface area contributed by atoms with Crippen molar-refractivity contribution in [2.75, 3.05) is 12.8 Å². The number of hydrogen-bond acceptors (Lipinski definition) is 7. The van der Waals surface area contributed by atoms with E-state index in [0.29, 0.717) is 22.5 Å². The van der Waals surface area contributed by atoms with Gasteiger partial charge in [0.25, 0.3) is 5.91 Å². The zero-order valence-electron chi connectivity index (χ0n) is 19.9. The van der Waals surface area contributed by atoms with Crippen molar-refractivity contribution in [3.63, 3.8) is 0 Å². The van der Waals surface area contributed by atoms with Crippen molar-refractivity contribution in [3.8, 4) is 22.8 Å². The molecule has 0 saturated heterocycles. The Morgan fingerprint density at radius 1 is 1.17 bits per heavy atom. The average Bonchev–Trinajstić information content (AvgIpc) is 3.27. The average molecular weight is 491 g/mol. The molecular formula is C26H27FN6O3. The molecule has 10 heteroatoms. The van der Waals surface area contributed by atoms with Gasteiger partial charge in [-0.1, -0.05) is 12.5 Å². The first kappa shape index (κ1) is 23.5. The molecule has 0 spiro atoms. The second kappa shape index (κ2) is 10.2. The minimum atomic E-state index is -0.374. The van der Waals surface area contributed by atoms with Gasteiger partial charge in [-0.25, -0.2) is 13.9 Å². The van der Waals surface area contributed by atoms with E-state index in [1.807, 2.05) is 12.1 Å². The van der Waals surface area contributed by atoms with Crippen molar-refractivity contribution in [3.05, 3.63) is 65.7 Å². The number of aromatic nitrogens is 4. The van der Waals surface area contributed by atoms with Gasteiger partial charge < -0.3 is 20.5 Å². The molecule has 0 atom stereocenters. The number of amides is 1. The van der Waals surface area contributed by atoms with Crippen LogP contribution in [0.15, 0.2) is 48.8 Å². The van der Waals surface area contributed by atoms with E-state index in [0.717, 1.165) is 31.2 Å². The van der Waals surface area contributed by atoms with Gasteiger partial charge in [0.2, 0.25) is 11.8 Å². The summed E-state index contributed by atoms with van der Waals surface area (Å²) in [4.78, 5) is 21.7. The Kier molecular flexibility index (Phi) is 6.66. The van der Waals surface area contributed by atoms with E-state index in [1.54, 1.807) is 29.0 Å². The minimum Gasteiger partial charge on any atom is -0.490 e. The van der Waals surface area contributed by atoms with Gasteiger partial charge in [0.15, 0.2) is 5.65 Å². The van der Waals surface area contributed by atoms with Crippen molar-refractivity contribution in [1.82, 2.24) is 24.9 Å². The Labute approximate surface area is 207 Å². The number of methoxy groups -OCH3 is 1. The molecule has 0 radical (unpaired) electrons. The second-order valence-corrected chi connectivity index (χ2v) is 8.78. The fourth-order valence-corrected chi connectivity index (χ4v) is 4.43. The number of halogens is 1.